The number of nitrogens with zero attached hydrogens (tertiary/aromatic N) is 2. The number of benzene rings is 2. The molecule has 120 valence electrons. The predicted octanol–water partition coefficient (Wildman–Crippen LogP) is 1.52. The topological polar surface area (TPSA) is 75.2 Å². The smallest absolute Gasteiger partial charge is 0.328 e. The number of hydrogen-bond donors (Lipinski definition) is 1. The number of hydrogen-bond acceptors (Lipinski definition) is 3. The summed E-state index contributed by atoms with van der Waals surface area (Å²) in [6, 6.07) is 13.9. The minimum atomic E-state index is -0.469. The average Bonchev–Trinajstić information content (AvgIpc) is 2.83. The summed E-state index contributed by atoms with van der Waals surface area (Å²) in [6.45, 7) is 0.123. The Labute approximate surface area is 137 Å². The molecule has 6 nitrogen and oxygen atoms in total. The van der Waals surface area contributed by atoms with Crippen LogP contribution in [0.3, 0.4) is 0 Å². The standard InChI is InChI=1S/C18H15N3O3/c1-20-15(11-6-2-3-7-12(11)16(20)22)10-21-17(23)13-8-4-5-9-14(13)19-18(21)24/h2-9,15H,10H2,1H3,(H,19,24). The van der Waals surface area contributed by atoms with Gasteiger partial charge in [-0.2, -0.15) is 0 Å². The molecule has 1 aliphatic heterocycles. The van der Waals surface area contributed by atoms with E-state index in [1.54, 1.807) is 42.3 Å². The Hall–Kier alpha value is -3.15. The predicted molar refractivity (Wildman–Crippen MR) is 90.1 cm³/mol. The van der Waals surface area contributed by atoms with Gasteiger partial charge in [0.1, 0.15) is 0 Å². The van der Waals surface area contributed by atoms with Crippen LogP contribution in [0, 0.1) is 0 Å². The molecule has 0 bridgehead atoms. The first-order valence-corrected chi connectivity index (χ1v) is 7.66. The number of aromatic amines is 1. The quantitative estimate of drug-likeness (QED) is 0.777. The number of rotatable bonds is 2. The molecule has 0 fully saturated rings. The molecule has 0 spiro atoms. The summed E-state index contributed by atoms with van der Waals surface area (Å²) in [5, 5.41) is 0.456. The number of carbonyl (C=O) groups is 1. The number of H-pyrrole nitrogens is 1. The van der Waals surface area contributed by atoms with Crippen LogP contribution in [-0.2, 0) is 6.54 Å². The van der Waals surface area contributed by atoms with Crippen LogP contribution in [0.15, 0.2) is 58.1 Å². The number of nitrogens with one attached hydrogen (secondary N) is 1. The first-order chi connectivity index (χ1) is 11.6. The third-order valence-corrected chi connectivity index (χ3v) is 4.58. The van der Waals surface area contributed by atoms with Gasteiger partial charge in [-0.25, -0.2) is 4.79 Å². The molecule has 4 rings (SSSR count). The van der Waals surface area contributed by atoms with E-state index in [9.17, 15) is 14.4 Å². The maximum atomic E-state index is 12.7. The maximum Gasteiger partial charge on any atom is 0.328 e. The highest BCUT2D eigenvalue weighted by Crippen LogP contribution is 2.32. The van der Waals surface area contributed by atoms with Gasteiger partial charge in [0.2, 0.25) is 0 Å². The van der Waals surface area contributed by atoms with Gasteiger partial charge >= 0.3 is 5.69 Å². The second kappa shape index (κ2) is 5.19. The SMILES string of the molecule is CN1C(=O)c2ccccc2C1Cn1c(=O)[nH]c2ccccc2c1=O. The highest BCUT2D eigenvalue weighted by molar-refractivity contribution is 5.98. The zero-order chi connectivity index (χ0) is 16.8. The lowest BCUT2D eigenvalue weighted by Crippen LogP contribution is -2.39. The van der Waals surface area contributed by atoms with Crippen LogP contribution in [0.2, 0.25) is 0 Å². The molecule has 0 saturated heterocycles. The van der Waals surface area contributed by atoms with Gasteiger partial charge in [-0.1, -0.05) is 30.3 Å². The van der Waals surface area contributed by atoms with E-state index in [4.69, 9.17) is 0 Å². The summed E-state index contributed by atoms with van der Waals surface area (Å²) in [5.74, 6) is -0.0964. The Bertz CT molecular complexity index is 1080. The van der Waals surface area contributed by atoms with Crippen LogP contribution in [0.1, 0.15) is 22.0 Å². The number of fused-ring (bicyclic) bond motifs is 2. The van der Waals surface area contributed by atoms with E-state index >= 15 is 0 Å². The number of carbonyl (C=O) groups excluding carboxylic acids is 1. The summed E-state index contributed by atoms with van der Waals surface area (Å²) < 4.78 is 1.17. The third kappa shape index (κ3) is 2.00. The molecular weight excluding hydrogens is 306 g/mol. The third-order valence-electron chi connectivity index (χ3n) is 4.58. The number of amides is 1. The molecule has 0 radical (unpaired) electrons. The molecule has 3 aromatic rings. The zero-order valence-corrected chi connectivity index (χ0v) is 13.0. The molecule has 1 amide bonds. The molecule has 24 heavy (non-hydrogen) atoms. The van der Waals surface area contributed by atoms with Crippen LogP contribution in [0.25, 0.3) is 10.9 Å². The summed E-state index contributed by atoms with van der Waals surface area (Å²) in [5.41, 5.74) is 1.16. The van der Waals surface area contributed by atoms with Crippen LogP contribution in [0.5, 0.6) is 0 Å². The van der Waals surface area contributed by atoms with Crippen LogP contribution < -0.4 is 11.2 Å². The molecule has 0 aliphatic carbocycles. The van der Waals surface area contributed by atoms with Gasteiger partial charge in [-0.05, 0) is 23.8 Å². The summed E-state index contributed by atoms with van der Waals surface area (Å²) >= 11 is 0. The number of likely N-dealkylation sites (N-methyl/N-ethyl adjacent to an activating group) is 1. The Morgan fingerprint density at radius 1 is 1.00 bits per heavy atom. The van der Waals surface area contributed by atoms with E-state index in [1.165, 1.54) is 4.57 Å². The minimum Gasteiger partial charge on any atom is -0.333 e. The lowest BCUT2D eigenvalue weighted by Gasteiger charge is -2.21. The van der Waals surface area contributed by atoms with E-state index in [0.29, 0.717) is 16.5 Å². The Balaban J connectivity index is 1.85. The van der Waals surface area contributed by atoms with E-state index in [-0.39, 0.29) is 24.1 Å². The first-order valence-electron chi connectivity index (χ1n) is 7.66. The highest BCUT2D eigenvalue weighted by Gasteiger charge is 2.34. The van der Waals surface area contributed by atoms with Crippen molar-refractivity contribution in [2.75, 3.05) is 7.05 Å². The van der Waals surface area contributed by atoms with Crippen molar-refractivity contribution in [2.45, 2.75) is 12.6 Å². The van der Waals surface area contributed by atoms with Crippen molar-refractivity contribution in [2.24, 2.45) is 0 Å². The first kappa shape index (κ1) is 14.4. The second-order valence-corrected chi connectivity index (χ2v) is 5.91. The lowest BCUT2D eigenvalue weighted by atomic mass is 10.0. The Kier molecular flexibility index (Phi) is 3.13. The van der Waals surface area contributed by atoms with Crippen LogP contribution in [0.4, 0.5) is 0 Å². The summed E-state index contributed by atoms with van der Waals surface area (Å²) in [7, 11) is 1.69. The van der Waals surface area contributed by atoms with Crippen molar-refractivity contribution in [3.63, 3.8) is 0 Å². The molecule has 0 saturated carbocycles. The Morgan fingerprint density at radius 3 is 2.54 bits per heavy atom. The molecule has 1 aromatic heterocycles. The molecule has 2 aromatic carbocycles. The van der Waals surface area contributed by atoms with E-state index in [1.807, 2.05) is 18.2 Å². The van der Waals surface area contributed by atoms with Crippen molar-refractivity contribution < 1.29 is 4.79 Å². The average molecular weight is 321 g/mol. The van der Waals surface area contributed by atoms with Crippen molar-refractivity contribution in [3.05, 3.63) is 80.5 Å². The van der Waals surface area contributed by atoms with Gasteiger partial charge in [0.15, 0.2) is 0 Å². The zero-order valence-electron chi connectivity index (χ0n) is 13.0. The van der Waals surface area contributed by atoms with Gasteiger partial charge in [-0.15, -0.1) is 0 Å². The largest absolute Gasteiger partial charge is 0.333 e. The number of aromatic nitrogens is 2. The molecular formula is C18H15N3O3. The fourth-order valence-electron chi connectivity index (χ4n) is 3.28. The van der Waals surface area contributed by atoms with E-state index in [0.717, 1.165) is 5.56 Å². The number of para-hydroxylation sites is 1. The fraction of sp³-hybridized carbons (Fsp3) is 0.167. The van der Waals surface area contributed by atoms with E-state index in [2.05, 4.69) is 4.98 Å². The fourth-order valence-corrected chi connectivity index (χ4v) is 3.28. The van der Waals surface area contributed by atoms with Crippen LogP contribution >= 0.6 is 0 Å². The monoisotopic (exact) mass is 321 g/mol. The molecule has 1 atom stereocenters. The van der Waals surface area contributed by atoms with Crippen molar-refractivity contribution >= 4 is 16.8 Å². The molecule has 1 N–H and O–H groups in total. The summed E-state index contributed by atoms with van der Waals surface area (Å²) in [4.78, 5) is 41.7. The van der Waals surface area contributed by atoms with Crippen LogP contribution in [-0.4, -0.2) is 27.4 Å². The second-order valence-electron chi connectivity index (χ2n) is 5.91. The van der Waals surface area contributed by atoms with Gasteiger partial charge < -0.3 is 9.88 Å². The van der Waals surface area contributed by atoms with Crippen molar-refractivity contribution in [1.82, 2.24) is 14.5 Å². The highest BCUT2D eigenvalue weighted by atomic mass is 16.2. The summed E-state index contributed by atoms with van der Waals surface area (Å²) in [6.07, 6.45) is 0. The maximum absolute atomic E-state index is 12.7. The van der Waals surface area contributed by atoms with Gasteiger partial charge in [0, 0.05) is 12.6 Å². The van der Waals surface area contributed by atoms with E-state index < -0.39 is 5.69 Å². The Morgan fingerprint density at radius 2 is 1.71 bits per heavy atom. The van der Waals surface area contributed by atoms with Crippen molar-refractivity contribution in [3.8, 4) is 0 Å². The van der Waals surface area contributed by atoms with Gasteiger partial charge in [-0.3, -0.25) is 14.2 Å². The van der Waals surface area contributed by atoms with Crippen molar-refractivity contribution in [1.29, 1.82) is 0 Å². The van der Waals surface area contributed by atoms with Gasteiger partial charge in [0.25, 0.3) is 11.5 Å². The molecule has 1 aliphatic rings. The normalized spacial score (nSPS) is 16.6. The minimum absolute atomic E-state index is 0.0964. The molecule has 6 heteroatoms. The molecule has 1 unspecified atom stereocenters. The molecule has 2 heterocycles. The lowest BCUT2D eigenvalue weighted by molar-refractivity contribution is 0.0761. The van der Waals surface area contributed by atoms with Gasteiger partial charge in [0.05, 0.1) is 23.5 Å².